The van der Waals surface area contributed by atoms with E-state index in [9.17, 15) is 60.3 Å². The van der Waals surface area contributed by atoms with Crippen LogP contribution in [-0.2, 0) is 63.1 Å². The first-order valence-electron chi connectivity index (χ1n) is 42.0. The summed E-state index contributed by atoms with van der Waals surface area (Å²) in [6.45, 7) is 9.43. The Kier molecular flexibility index (Phi) is 26.5. The van der Waals surface area contributed by atoms with Gasteiger partial charge in [-0.2, -0.15) is 0 Å². The molecule has 17 rings (SSSR count). The number of benzene rings is 5. The highest BCUT2D eigenvalue weighted by molar-refractivity contribution is 6.32. The second-order valence-corrected chi connectivity index (χ2v) is 35.4. The minimum atomic E-state index is -2.97. The summed E-state index contributed by atoms with van der Waals surface area (Å²) in [5, 5.41) is 131. The molecule has 0 radical (unpaired) electrons. The highest BCUT2D eigenvalue weighted by atomic mass is 35.5. The fraction of sp³-hybridized carbons (Fsp3) is 0.552. The summed E-state index contributed by atoms with van der Waals surface area (Å²) in [7, 11) is 1.50. The number of phenols is 1. The van der Waals surface area contributed by atoms with Crippen molar-refractivity contribution in [3.8, 4) is 45.6 Å². The molecule has 15 bridgehead atoms. The molecule has 0 aromatic heterocycles. The Hall–Kier alpha value is -9.50. The van der Waals surface area contributed by atoms with E-state index in [0.29, 0.717) is 24.7 Å². The summed E-state index contributed by atoms with van der Waals surface area (Å²) < 4.78 is 39.2. The standard InChI is InChI=1S/C87H109ClN10O24/c1-8-9-10-11-12-13-38(4)77(107)92-61(101)34-56-79(109)94-66-47-30-58(74(122-85-75(73(105)72(104)60(36-99)120-85)121-62-35-86(6,89)76(106)39(5)117-62)59(31-47)119-57-21-17-44(29-54(57)88)71(103)69(83(113)91-56)97-78(108)55(90-7)22-37(2)3)118-49-18-14-42(15-19-49)70(102)68-84(114)96-67(82(112)93-64-45-24-40-23-41(26-45)27-46(64)25-40)51-32-48(100)33-53-63(51)50-28-43(16-20-52(50)87(53,115)116)65(80(110)98-68)95-81(66)111/h14-21,28-33,37-41,45-46,55-56,60,62,64-73,75-76,85,90,99-100,102-106,115-116H,8-13,22-27,34-36,89H2,1-7H3,(H,91,113)(H,93,112)(H,94,109)(H,95,111)(H,96,114)(H,97,108)(H,98,110)(H,92,101,107)/t38?,39-,40?,41?,45?,46?,55+,56-,60+,62-,64?,65+,66+,67-,68-,69+,70+,71+,72+,73-,75+,76+,85-,86-/m0/s1. The number of nitrogens with two attached hydrogens (primary N) is 1. The molecule has 5 aromatic carbocycles. The van der Waals surface area contributed by atoms with Gasteiger partial charge in [0.05, 0.1) is 36.3 Å². The molecule has 34 nitrogen and oxygen atoms in total. The number of aromatic hydroxyl groups is 1. The minimum Gasteiger partial charge on any atom is -0.508 e. The maximum Gasteiger partial charge on any atom is 0.248 e. The fourth-order valence-corrected chi connectivity index (χ4v) is 19.3. The highest BCUT2D eigenvalue weighted by Crippen LogP contribution is 2.56. The summed E-state index contributed by atoms with van der Waals surface area (Å²) in [5.74, 6) is -15.5. The molecule has 5 aliphatic carbocycles. The number of hydrogen-bond donors (Lipinski definition) is 19. The molecule has 20 N–H and O–H groups in total. The van der Waals surface area contributed by atoms with E-state index >= 15 is 28.8 Å². The second kappa shape index (κ2) is 36.4. The topological polar surface area (TPSA) is 525 Å². The zero-order chi connectivity index (χ0) is 87.4. The zero-order valence-electron chi connectivity index (χ0n) is 68.6. The van der Waals surface area contributed by atoms with Crippen LogP contribution < -0.4 is 67.8 Å². The number of halogens is 1. The van der Waals surface area contributed by atoms with E-state index in [1.807, 2.05) is 13.8 Å². The number of amides is 9. The maximum atomic E-state index is 16.7. The Morgan fingerprint density at radius 1 is 0.680 bits per heavy atom. The van der Waals surface area contributed by atoms with Crippen LogP contribution in [0.25, 0.3) is 11.1 Å². The van der Waals surface area contributed by atoms with Crippen LogP contribution >= 0.6 is 11.6 Å². The van der Waals surface area contributed by atoms with Gasteiger partial charge in [-0.05, 0) is 189 Å². The first-order valence-corrected chi connectivity index (χ1v) is 42.4. The number of carbonyl (C=O) groups is 9. The van der Waals surface area contributed by atoms with E-state index in [4.69, 9.17) is 45.8 Å². The number of imide groups is 1. The third-order valence-electron chi connectivity index (χ3n) is 25.5. The quantitative estimate of drug-likeness (QED) is 0.0369. The number of phenolic OH excluding ortho intramolecular Hbond substituents is 1. The lowest BCUT2D eigenvalue weighted by Gasteiger charge is -2.54. The van der Waals surface area contributed by atoms with Crippen LogP contribution in [-0.4, -0.2) is 198 Å². The molecule has 658 valence electrons. The normalized spacial score (nSPS) is 31.8. The van der Waals surface area contributed by atoms with E-state index in [2.05, 4.69) is 54.8 Å². The number of unbranched alkanes of at least 4 members (excludes halogenated alkanes) is 4. The third kappa shape index (κ3) is 18.4. The molecule has 4 saturated carbocycles. The van der Waals surface area contributed by atoms with E-state index in [0.717, 1.165) is 76.0 Å². The van der Waals surface area contributed by atoms with Crippen LogP contribution in [0.4, 0.5) is 0 Å². The molecule has 9 amide bonds. The van der Waals surface area contributed by atoms with Crippen LogP contribution in [0.2, 0.25) is 5.02 Å². The van der Waals surface area contributed by atoms with Crippen LogP contribution in [0, 0.1) is 35.5 Å². The fourth-order valence-electron chi connectivity index (χ4n) is 19.1. The molecule has 35 heteroatoms. The lowest BCUT2D eigenvalue weighted by molar-refractivity contribution is -0.333. The largest absolute Gasteiger partial charge is 0.508 e. The van der Waals surface area contributed by atoms with Gasteiger partial charge in [0.1, 0.15) is 84.0 Å². The number of rotatable bonds is 21. The number of fused-ring (bicyclic) bond motifs is 12. The predicted octanol–water partition coefficient (Wildman–Crippen LogP) is 3.55. The number of likely N-dealkylation sites (N-methyl/N-ethyl adjacent to an activating group) is 1. The van der Waals surface area contributed by atoms with E-state index in [1.165, 1.54) is 87.6 Å². The van der Waals surface area contributed by atoms with Gasteiger partial charge in [-0.1, -0.05) is 102 Å². The average Bonchev–Trinajstić information content (AvgIpc) is 1.56. The average molecular weight is 1710 g/mol. The van der Waals surface area contributed by atoms with Gasteiger partial charge in [0.15, 0.2) is 23.9 Å². The van der Waals surface area contributed by atoms with Crippen LogP contribution in [0.15, 0.2) is 84.9 Å². The Labute approximate surface area is 708 Å². The molecule has 7 aliphatic heterocycles. The van der Waals surface area contributed by atoms with Crippen LogP contribution in [0.3, 0.4) is 0 Å². The molecular weight excluding hydrogens is 1600 g/mol. The van der Waals surface area contributed by atoms with Crippen molar-refractivity contribution >= 4 is 64.8 Å². The summed E-state index contributed by atoms with van der Waals surface area (Å²) in [5.41, 5.74) is 3.41. The third-order valence-corrected chi connectivity index (χ3v) is 25.8. The van der Waals surface area contributed by atoms with Gasteiger partial charge < -0.3 is 123 Å². The van der Waals surface area contributed by atoms with Crippen molar-refractivity contribution in [3.05, 3.63) is 129 Å². The molecule has 5 aromatic rings. The number of aliphatic hydroxyl groups is 8. The maximum absolute atomic E-state index is 16.7. The Morgan fingerprint density at radius 2 is 1.34 bits per heavy atom. The molecule has 1 unspecified atom stereocenters. The minimum absolute atomic E-state index is 0.0772. The molecule has 0 spiro atoms. The van der Waals surface area contributed by atoms with E-state index in [-0.39, 0.29) is 97.7 Å². The van der Waals surface area contributed by atoms with Gasteiger partial charge in [0.2, 0.25) is 71.0 Å². The summed E-state index contributed by atoms with van der Waals surface area (Å²) in [6, 6.07) is 2.99. The summed E-state index contributed by atoms with van der Waals surface area (Å²) in [6.07, 6.45) is -9.24. The Morgan fingerprint density at radius 3 is 2.00 bits per heavy atom. The first kappa shape index (κ1) is 88.8. The number of carbonyl (C=O) groups excluding carboxylic acids is 9. The summed E-state index contributed by atoms with van der Waals surface area (Å²) in [4.78, 5) is 139. The van der Waals surface area contributed by atoms with E-state index < -0.39 is 216 Å². The lowest BCUT2D eigenvalue weighted by Crippen LogP contribution is -2.64. The van der Waals surface area contributed by atoms with Gasteiger partial charge in [-0.3, -0.25) is 48.5 Å². The van der Waals surface area contributed by atoms with E-state index in [1.54, 1.807) is 6.92 Å². The van der Waals surface area contributed by atoms with Crippen LogP contribution in [0.1, 0.15) is 201 Å². The van der Waals surface area contributed by atoms with Crippen molar-refractivity contribution in [1.29, 1.82) is 0 Å². The van der Waals surface area contributed by atoms with Crippen molar-refractivity contribution in [2.45, 2.75) is 253 Å². The predicted molar refractivity (Wildman–Crippen MR) is 434 cm³/mol. The van der Waals surface area contributed by atoms with Crippen molar-refractivity contribution in [3.63, 3.8) is 0 Å². The smallest absolute Gasteiger partial charge is 0.248 e. The lowest BCUT2D eigenvalue weighted by atomic mass is 9.54. The number of aliphatic hydroxyl groups excluding tert-OH is 6. The SMILES string of the molecule is CCCCCCCC(C)C(=O)NC(=O)C[C@@H]1NC(=O)[C@H](NC(=O)[C@@H](CC(C)C)NC)[C@H](O)c2ccc(c(Cl)c2)Oc2cc3cc(c2O[C@@H]2O[C@H](CO)[C@@H](O)[C@H](O)[C@H]2O[C@H]2C[C@](C)(N)[C@H](O)[C@H](C)O2)Oc2ccc(cc2)[C@@H](O)[C@@H]2NC(=O)[C@H](NC(=O)[C@@H]3NC1=O)c1ccc3c(c1)-c1c(cc(O)cc1C3(O)O)[C@@H](C(=O)NC1C3CC4CC(C3)CC1C4)NC2=O. The number of ether oxygens (including phenoxy) is 6. The van der Waals surface area contributed by atoms with Gasteiger partial charge in [0, 0.05) is 35.0 Å². The molecular formula is C87H109ClN10O24. The van der Waals surface area contributed by atoms with Crippen molar-refractivity contribution in [2.24, 2.45) is 41.2 Å². The Bertz CT molecular complexity index is 4790. The first-order chi connectivity index (χ1) is 58.0. The number of nitrogens with one attached hydrogen (secondary N) is 9. The van der Waals surface area contributed by atoms with Gasteiger partial charge >= 0.3 is 0 Å². The van der Waals surface area contributed by atoms with Gasteiger partial charge in [-0.25, -0.2) is 0 Å². The van der Waals surface area contributed by atoms with Crippen molar-refractivity contribution in [1.82, 2.24) is 47.9 Å². The molecule has 19 atom stereocenters. The molecule has 122 heavy (non-hydrogen) atoms. The molecule has 6 fully saturated rings. The second-order valence-electron chi connectivity index (χ2n) is 35.0. The number of hydrogen-bond acceptors (Lipinski definition) is 26. The van der Waals surface area contributed by atoms with Gasteiger partial charge in [-0.15, -0.1) is 0 Å². The van der Waals surface area contributed by atoms with Crippen LogP contribution in [0.5, 0.6) is 34.5 Å². The van der Waals surface area contributed by atoms with Crippen molar-refractivity contribution in [2.75, 3.05) is 13.7 Å². The summed E-state index contributed by atoms with van der Waals surface area (Å²) >= 11 is 7.23. The van der Waals surface area contributed by atoms with Gasteiger partial charge in [0.25, 0.3) is 0 Å². The highest BCUT2D eigenvalue weighted by Gasteiger charge is 2.54. The Balaban J connectivity index is 0.956. The zero-order valence-corrected chi connectivity index (χ0v) is 69.4. The molecule has 7 heterocycles. The molecule has 12 aliphatic rings. The molecule has 2 saturated heterocycles. The van der Waals surface area contributed by atoms with Crippen molar-refractivity contribution < 1.29 is 118 Å². The monoisotopic (exact) mass is 1710 g/mol.